The van der Waals surface area contributed by atoms with Crippen molar-refractivity contribution in [2.45, 2.75) is 45.1 Å². The summed E-state index contributed by atoms with van der Waals surface area (Å²) in [5.74, 6) is 1.28. The van der Waals surface area contributed by atoms with Gasteiger partial charge in [-0.2, -0.15) is 15.0 Å². The van der Waals surface area contributed by atoms with Crippen LogP contribution >= 0.6 is 11.6 Å². The summed E-state index contributed by atoms with van der Waals surface area (Å²) in [5.41, 5.74) is 0. The molecule has 0 aliphatic heterocycles. The lowest BCUT2D eigenvalue weighted by atomic mass is 9.86. The van der Waals surface area contributed by atoms with Crippen LogP contribution in [0.25, 0.3) is 0 Å². The van der Waals surface area contributed by atoms with E-state index >= 15 is 0 Å². The highest BCUT2D eigenvalue weighted by molar-refractivity contribution is 6.28. The third-order valence-electron chi connectivity index (χ3n) is 3.56. The van der Waals surface area contributed by atoms with Gasteiger partial charge in [-0.05, 0) is 36.8 Å². The van der Waals surface area contributed by atoms with E-state index in [9.17, 15) is 0 Å². The summed E-state index contributed by atoms with van der Waals surface area (Å²) in [6.07, 6.45) is 6.07. The molecule has 1 aromatic heterocycles. The van der Waals surface area contributed by atoms with Crippen LogP contribution in [0.1, 0.15) is 39.0 Å². The van der Waals surface area contributed by atoms with E-state index in [1.54, 1.807) is 4.90 Å². The molecule has 5 nitrogen and oxygen atoms in total. The molecule has 1 fully saturated rings. The normalized spacial score (nSPS) is 23.2. The van der Waals surface area contributed by atoms with Gasteiger partial charge in [-0.3, -0.25) is 0 Å². The zero-order valence-electron chi connectivity index (χ0n) is 11.8. The van der Waals surface area contributed by atoms with Gasteiger partial charge >= 0.3 is 6.01 Å². The highest BCUT2D eigenvalue weighted by Crippen LogP contribution is 2.29. The van der Waals surface area contributed by atoms with Crippen molar-refractivity contribution in [3.63, 3.8) is 0 Å². The number of aromatic nitrogens is 3. The summed E-state index contributed by atoms with van der Waals surface area (Å²) in [6.45, 7) is 2.23. The Morgan fingerprint density at radius 3 is 2.74 bits per heavy atom. The molecule has 0 bridgehead atoms. The molecule has 1 aliphatic rings. The van der Waals surface area contributed by atoms with Crippen LogP contribution < -0.4 is 9.64 Å². The van der Waals surface area contributed by atoms with Gasteiger partial charge in [0, 0.05) is 14.1 Å². The second-order valence-corrected chi connectivity index (χ2v) is 5.60. The van der Waals surface area contributed by atoms with Crippen molar-refractivity contribution in [1.82, 2.24) is 15.0 Å². The van der Waals surface area contributed by atoms with E-state index in [1.807, 2.05) is 14.1 Å². The van der Waals surface area contributed by atoms with Crippen LogP contribution in [0, 0.1) is 5.92 Å². The SMILES string of the molecule is CCC1CCCC(Oc2nc(Cl)nc(N(C)C)n2)C1. The Balaban J connectivity index is 2.06. The molecule has 106 valence electrons. The Bertz CT molecular complexity index is 427. The van der Waals surface area contributed by atoms with Crippen molar-refractivity contribution >= 4 is 17.5 Å². The molecule has 6 heteroatoms. The van der Waals surface area contributed by atoms with E-state index in [2.05, 4.69) is 21.9 Å². The van der Waals surface area contributed by atoms with Crippen molar-refractivity contribution < 1.29 is 4.74 Å². The zero-order valence-corrected chi connectivity index (χ0v) is 12.5. The molecule has 2 rings (SSSR count). The summed E-state index contributed by atoms with van der Waals surface area (Å²) < 4.78 is 5.89. The van der Waals surface area contributed by atoms with Gasteiger partial charge in [0.25, 0.3) is 0 Å². The van der Waals surface area contributed by atoms with E-state index in [4.69, 9.17) is 16.3 Å². The molecule has 19 heavy (non-hydrogen) atoms. The van der Waals surface area contributed by atoms with Gasteiger partial charge in [-0.15, -0.1) is 0 Å². The Morgan fingerprint density at radius 2 is 2.05 bits per heavy atom. The molecule has 0 spiro atoms. The lowest BCUT2D eigenvalue weighted by molar-refractivity contribution is 0.111. The van der Waals surface area contributed by atoms with E-state index in [0.717, 1.165) is 18.8 Å². The summed E-state index contributed by atoms with van der Waals surface area (Å²) in [5, 5.41) is 0.177. The van der Waals surface area contributed by atoms with Crippen molar-refractivity contribution in [3.8, 4) is 6.01 Å². The Morgan fingerprint density at radius 1 is 1.26 bits per heavy atom. The number of rotatable bonds is 4. The number of hydrogen-bond donors (Lipinski definition) is 0. The molecule has 0 amide bonds. The van der Waals surface area contributed by atoms with Crippen LogP contribution in [-0.4, -0.2) is 35.2 Å². The van der Waals surface area contributed by atoms with Crippen LogP contribution in [0.15, 0.2) is 0 Å². The van der Waals surface area contributed by atoms with E-state index < -0.39 is 0 Å². The Hall–Kier alpha value is -1.10. The predicted molar refractivity (Wildman–Crippen MR) is 75.8 cm³/mol. The summed E-state index contributed by atoms with van der Waals surface area (Å²) in [7, 11) is 3.73. The predicted octanol–water partition coefficient (Wildman–Crippen LogP) is 2.94. The fraction of sp³-hybridized carbons (Fsp3) is 0.769. The van der Waals surface area contributed by atoms with E-state index in [1.165, 1.54) is 19.3 Å². The highest BCUT2D eigenvalue weighted by atomic mass is 35.5. The summed E-state index contributed by atoms with van der Waals surface area (Å²) in [4.78, 5) is 14.2. The second-order valence-electron chi connectivity index (χ2n) is 5.26. The number of halogens is 1. The van der Waals surface area contributed by atoms with Crippen LogP contribution in [0.5, 0.6) is 6.01 Å². The monoisotopic (exact) mass is 284 g/mol. The molecule has 2 unspecified atom stereocenters. The van der Waals surface area contributed by atoms with Crippen LogP contribution in [-0.2, 0) is 0 Å². The molecule has 0 saturated heterocycles. The molecule has 1 saturated carbocycles. The van der Waals surface area contributed by atoms with Crippen LogP contribution in [0.4, 0.5) is 5.95 Å². The lowest BCUT2D eigenvalue weighted by Gasteiger charge is -2.28. The van der Waals surface area contributed by atoms with Gasteiger partial charge in [0.2, 0.25) is 11.2 Å². The van der Waals surface area contributed by atoms with E-state index in [-0.39, 0.29) is 11.4 Å². The number of ether oxygens (including phenoxy) is 1. The maximum Gasteiger partial charge on any atom is 0.322 e. The van der Waals surface area contributed by atoms with Crippen LogP contribution in [0.3, 0.4) is 0 Å². The lowest BCUT2D eigenvalue weighted by Crippen LogP contribution is -2.26. The zero-order chi connectivity index (χ0) is 13.8. The Kier molecular flexibility index (Phi) is 4.80. The second kappa shape index (κ2) is 6.37. The third-order valence-corrected chi connectivity index (χ3v) is 3.73. The van der Waals surface area contributed by atoms with Crippen molar-refractivity contribution in [2.75, 3.05) is 19.0 Å². The molecular weight excluding hydrogens is 264 g/mol. The van der Waals surface area contributed by atoms with Gasteiger partial charge in [0.05, 0.1) is 0 Å². The minimum atomic E-state index is 0.177. The molecule has 1 aromatic rings. The topological polar surface area (TPSA) is 51.1 Å². The molecule has 1 aliphatic carbocycles. The highest BCUT2D eigenvalue weighted by Gasteiger charge is 2.23. The molecule has 2 atom stereocenters. The first-order valence-corrected chi connectivity index (χ1v) is 7.21. The average molecular weight is 285 g/mol. The average Bonchev–Trinajstić information content (AvgIpc) is 2.38. The maximum absolute atomic E-state index is 5.90. The maximum atomic E-state index is 5.90. The minimum Gasteiger partial charge on any atom is -0.460 e. The fourth-order valence-electron chi connectivity index (χ4n) is 2.44. The van der Waals surface area contributed by atoms with Gasteiger partial charge in [0.15, 0.2) is 0 Å². The third kappa shape index (κ3) is 3.93. The molecule has 0 N–H and O–H groups in total. The number of anilines is 1. The summed E-state index contributed by atoms with van der Waals surface area (Å²) >= 11 is 5.90. The van der Waals surface area contributed by atoms with Gasteiger partial charge in [-0.25, -0.2) is 0 Å². The van der Waals surface area contributed by atoms with Crippen molar-refractivity contribution in [3.05, 3.63) is 5.28 Å². The first kappa shape index (κ1) is 14.3. The fourth-order valence-corrected chi connectivity index (χ4v) is 2.59. The standard InChI is InChI=1S/C13H21ClN4O/c1-4-9-6-5-7-10(8-9)19-13-16-11(14)15-12(17-13)18(2)3/h9-10H,4-8H2,1-3H3. The van der Waals surface area contributed by atoms with Crippen molar-refractivity contribution in [2.24, 2.45) is 5.92 Å². The molecule has 0 radical (unpaired) electrons. The number of hydrogen-bond acceptors (Lipinski definition) is 5. The quantitative estimate of drug-likeness (QED) is 0.851. The van der Waals surface area contributed by atoms with Gasteiger partial charge < -0.3 is 9.64 Å². The Labute approximate surface area is 119 Å². The summed E-state index contributed by atoms with van der Waals surface area (Å²) in [6, 6.07) is 0.338. The molecule has 1 heterocycles. The van der Waals surface area contributed by atoms with Crippen molar-refractivity contribution in [1.29, 1.82) is 0 Å². The van der Waals surface area contributed by atoms with Gasteiger partial charge in [0.1, 0.15) is 6.10 Å². The first-order valence-electron chi connectivity index (χ1n) is 6.84. The largest absolute Gasteiger partial charge is 0.460 e. The van der Waals surface area contributed by atoms with Crippen LogP contribution in [0.2, 0.25) is 5.28 Å². The number of nitrogens with zero attached hydrogens (tertiary/aromatic N) is 4. The van der Waals surface area contributed by atoms with Gasteiger partial charge in [-0.1, -0.05) is 19.8 Å². The first-order chi connectivity index (χ1) is 9.08. The smallest absolute Gasteiger partial charge is 0.322 e. The van der Waals surface area contributed by atoms with E-state index in [0.29, 0.717) is 12.0 Å². The minimum absolute atomic E-state index is 0.177. The molecular formula is C13H21ClN4O. The molecule has 0 aromatic carbocycles.